The number of hydrogen-bond donors (Lipinski definition) is 2. The lowest BCUT2D eigenvalue weighted by Crippen LogP contribution is -2.36. The summed E-state index contributed by atoms with van der Waals surface area (Å²) in [5.41, 5.74) is 1.13. The molecule has 1 aliphatic rings. The van der Waals surface area contributed by atoms with Crippen molar-refractivity contribution in [1.82, 2.24) is 5.32 Å². The van der Waals surface area contributed by atoms with Gasteiger partial charge in [0.15, 0.2) is 0 Å². The van der Waals surface area contributed by atoms with Crippen molar-refractivity contribution in [3.63, 3.8) is 0 Å². The maximum absolute atomic E-state index is 11.7. The average molecular weight is 268 g/mol. The Kier molecular flexibility index (Phi) is 3.86. The van der Waals surface area contributed by atoms with Crippen LogP contribution in [0.5, 0.6) is 0 Å². The highest BCUT2D eigenvalue weighted by Gasteiger charge is 2.24. The van der Waals surface area contributed by atoms with Crippen molar-refractivity contribution in [2.24, 2.45) is 5.92 Å². The largest absolute Gasteiger partial charge is 0.383 e. The minimum atomic E-state index is 0.218. The van der Waals surface area contributed by atoms with E-state index in [9.17, 15) is 4.79 Å². The fraction of sp³-hybridized carbons (Fsp3) is 0.353. The summed E-state index contributed by atoms with van der Waals surface area (Å²) in [5, 5.41) is 8.86. The van der Waals surface area contributed by atoms with Crippen molar-refractivity contribution in [2.75, 3.05) is 18.4 Å². The van der Waals surface area contributed by atoms with E-state index in [1.807, 2.05) is 12.1 Å². The lowest BCUT2D eigenvalue weighted by Gasteiger charge is -2.24. The molecule has 0 aliphatic heterocycles. The summed E-state index contributed by atoms with van der Waals surface area (Å²) < 4.78 is 0. The minimum Gasteiger partial charge on any atom is -0.383 e. The van der Waals surface area contributed by atoms with Crippen LogP contribution in [-0.2, 0) is 4.79 Å². The normalized spacial score (nSPS) is 14.8. The SMILES string of the molecule is O=C(NCCNc1cccc2ccccc12)C1CCC1. The smallest absolute Gasteiger partial charge is 0.223 e. The van der Waals surface area contributed by atoms with Crippen LogP contribution in [0.15, 0.2) is 42.5 Å². The maximum Gasteiger partial charge on any atom is 0.223 e. The molecule has 0 radical (unpaired) electrons. The fourth-order valence-corrected chi connectivity index (χ4v) is 2.58. The molecule has 0 spiro atoms. The number of rotatable bonds is 5. The molecule has 0 bridgehead atoms. The molecule has 3 nitrogen and oxygen atoms in total. The molecule has 0 aromatic heterocycles. The Balaban J connectivity index is 1.53. The predicted molar refractivity (Wildman–Crippen MR) is 82.8 cm³/mol. The summed E-state index contributed by atoms with van der Waals surface area (Å²) in [4.78, 5) is 11.7. The third kappa shape index (κ3) is 2.77. The molecule has 1 fully saturated rings. The lowest BCUT2D eigenvalue weighted by molar-refractivity contribution is -0.127. The maximum atomic E-state index is 11.7. The van der Waals surface area contributed by atoms with Crippen LogP contribution in [0.1, 0.15) is 19.3 Å². The van der Waals surface area contributed by atoms with E-state index in [-0.39, 0.29) is 11.8 Å². The van der Waals surface area contributed by atoms with Gasteiger partial charge in [-0.2, -0.15) is 0 Å². The highest BCUT2D eigenvalue weighted by molar-refractivity contribution is 5.93. The molecule has 1 amide bonds. The van der Waals surface area contributed by atoms with Crippen molar-refractivity contribution in [1.29, 1.82) is 0 Å². The van der Waals surface area contributed by atoms with Gasteiger partial charge in [-0.05, 0) is 24.3 Å². The van der Waals surface area contributed by atoms with Crippen LogP contribution < -0.4 is 10.6 Å². The van der Waals surface area contributed by atoms with E-state index >= 15 is 0 Å². The van der Waals surface area contributed by atoms with Crippen LogP contribution >= 0.6 is 0 Å². The van der Waals surface area contributed by atoms with Crippen molar-refractivity contribution < 1.29 is 4.79 Å². The topological polar surface area (TPSA) is 41.1 Å². The fourth-order valence-electron chi connectivity index (χ4n) is 2.58. The Morgan fingerprint density at radius 1 is 1.05 bits per heavy atom. The van der Waals surface area contributed by atoms with E-state index in [1.54, 1.807) is 0 Å². The third-order valence-corrected chi connectivity index (χ3v) is 4.01. The van der Waals surface area contributed by atoms with E-state index in [0.717, 1.165) is 25.1 Å². The number of amides is 1. The summed E-state index contributed by atoms with van der Waals surface area (Å²) in [7, 11) is 0. The zero-order chi connectivity index (χ0) is 13.8. The molecule has 1 saturated carbocycles. The van der Waals surface area contributed by atoms with E-state index < -0.39 is 0 Å². The molecule has 0 atom stereocenters. The quantitative estimate of drug-likeness (QED) is 0.818. The summed E-state index contributed by atoms with van der Waals surface area (Å²) in [5.74, 6) is 0.489. The second-order valence-electron chi connectivity index (χ2n) is 5.37. The average Bonchev–Trinajstić information content (AvgIpc) is 2.42. The number of fused-ring (bicyclic) bond motifs is 1. The van der Waals surface area contributed by atoms with Crippen LogP contribution in [0, 0.1) is 5.92 Å². The molecular weight excluding hydrogens is 248 g/mol. The first-order valence-electron chi connectivity index (χ1n) is 7.34. The number of nitrogens with one attached hydrogen (secondary N) is 2. The van der Waals surface area contributed by atoms with Gasteiger partial charge in [0.05, 0.1) is 0 Å². The van der Waals surface area contributed by atoms with Gasteiger partial charge < -0.3 is 10.6 Å². The second kappa shape index (κ2) is 5.95. The predicted octanol–water partition coefficient (Wildman–Crippen LogP) is 3.17. The molecule has 104 valence electrons. The summed E-state index contributed by atoms with van der Waals surface area (Å²) in [6.07, 6.45) is 3.32. The molecule has 2 aromatic carbocycles. The Labute approximate surface area is 119 Å². The molecule has 0 heterocycles. The first-order valence-corrected chi connectivity index (χ1v) is 7.34. The van der Waals surface area contributed by atoms with Crippen molar-refractivity contribution in [3.05, 3.63) is 42.5 Å². The molecule has 2 aromatic rings. The molecule has 0 unspecified atom stereocenters. The van der Waals surface area contributed by atoms with Crippen LogP contribution in [0.3, 0.4) is 0 Å². The van der Waals surface area contributed by atoms with Gasteiger partial charge >= 0.3 is 0 Å². The van der Waals surface area contributed by atoms with Crippen LogP contribution in [0.25, 0.3) is 10.8 Å². The lowest BCUT2D eigenvalue weighted by atomic mass is 9.85. The van der Waals surface area contributed by atoms with Crippen LogP contribution in [0.4, 0.5) is 5.69 Å². The monoisotopic (exact) mass is 268 g/mol. The molecule has 20 heavy (non-hydrogen) atoms. The Bertz CT molecular complexity index is 599. The van der Waals surface area contributed by atoms with Gasteiger partial charge in [-0.25, -0.2) is 0 Å². The number of carbonyl (C=O) groups is 1. The Hall–Kier alpha value is -2.03. The molecule has 3 heteroatoms. The van der Waals surface area contributed by atoms with Crippen molar-refractivity contribution in [2.45, 2.75) is 19.3 Å². The van der Waals surface area contributed by atoms with Gasteiger partial charge in [-0.15, -0.1) is 0 Å². The summed E-state index contributed by atoms with van der Waals surface area (Å²) >= 11 is 0. The molecule has 2 N–H and O–H groups in total. The van der Waals surface area contributed by atoms with Gasteiger partial charge in [0, 0.05) is 30.1 Å². The van der Waals surface area contributed by atoms with Gasteiger partial charge in [0.25, 0.3) is 0 Å². The van der Waals surface area contributed by atoms with Gasteiger partial charge in [0.1, 0.15) is 0 Å². The molecular formula is C17H20N2O. The molecule has 0 saturated heterocycles. The number of benzene rings is 2. The van der Waals surface area contributed by atoms with E-state index in [1.165, 1.54) is 17.2 Å². The van der Waals surface area contributed by atoms with Crippen molar-refractivity contribution in [3.8, 4) is 0 Å². The van der Waals surface area contributed by atoms with Gasteiger partial charge in [0.2, 0.25) is 5.91 Å². The van der Waals surface area contributed by atoms with Crippen LogP contribution in [-0.4, -0.2) is 19.0 Å². The van der Waals surface area contributed by atoms with E-state index in [4.69, 9.17) is 0 Å². The van der Waals surface area contributed by atoms with Crippen LogP contribution in [0.2, 0.25) is 0 Å². The highest BCUT2D eigenvalue weighted by Crippen LogP contribution is 2.26. The first-order chi connectivity index (χ1) is 9.84. The molecule has 3 rings (SSSR count). The van der Waals surface area contributed by atoms with Gasteiger partial charge in [-0.3, -0.25) is 4.79 Å². The Morgan fingerprint density at radius 3 is 2.65 bits per heavy atom. The van der Waals surface area contributed by atoms with E-state index in [2.05, 4.69) is 41.0 Å². The number of anilines is 1. The van der Waals surface area contributed by atoms with Crippen molar-refractivity contribution >= 4 is 22.4 Å². The zero-order valence-corrected chi connectivity index (χ0v) is 11.6. The highest BCUT2D eigenvalue weighted by atomic mass is 16.1. The standard InChI is InChI=1S/C17H20N2O/c20-17(14-7-3-8-14)19-12-11-18-16-10-4-6-13-5-1-2-9-15(13)16/h1-2,4-6,9-10,14,18H,3,7-8,11-12H2,(H,19,20). The van der Waals surface area contributed by atoms with Gasteiger partial charge in [-0.1, -0.05) is 42.8 Å². The minimum absolute atomic E-state index is 0.218. The third-order valence-electron chi connectivity index (χ3n) is 4.01. The number of carbonyl (C=O) groups excluding carboxylic acids is 1. The summed E-state index contributed by atoms with van der Waals surface area (Å²) in [6.45, 7) is 1.44. The number of hydrogen-bond acceptors (Lipinski definition) is 2. The van der Waals surface area contributed by atoms with E-state index in [0.29, 0.717) is 6.54 Å². The first kappa shape index (κ1) is 13.0. The summed E-state index contributed by atoms with van der Waals surface area (Å²) in [6, 6.07) is 14.6. The zero-order valence-electron chi connectivity index (χ0n) is 11.6. The molecule has 1 aliphatic carbocycles. The Morgan fingerprint density at radius 2 is 1.85 bits per heavy atom. The second-order valence-corrected chi connectivity index (χ2v) is 5.37.